The Hall–Kier alpha value is -1.62. The number of amides is 1. The maximum atomic E-state index is 11.6. The minimum absolute atomic E-state index is 0.209. The Balaban J connectivity index is 3.39. The van der Waals surface area contributed by atoms with Gasteiger partial charge in [-0.2, -0.15) is 0 Å². The number of rotatable bonds is 5. The molecule has 1 aromatic heterocycles. The standard InChI is InChI=1S/C13H22N4O/c1-8(2)17(6-5-14)13-11(12(15)18)9(3)7-10(4)16-13/h7-8H,5-6,14H2,1-4H3,(H2,15,18). The summed E-state index contributed by atoms with van der Waals surface area (Å²) in [5.74, 6) is 0.193. The summed E-state index contributed by atoms with van der Waals surface area (Å²) in [5, 5.41) is 0. The van der Waals surface area contributed by atoms with Crippen molar-refractivity contribution in [1.82, 2.24) is 4.98 Å². The number of anilines is 1. The van der Waals surface area contributed by atoms with E-state index < -0.39 is 5.91 Å². The van der Waals surface area contributed by atoms with Gasteiger partial charge < -0.3 is 16.4 Å². The summed E-state index contributed by atoms with van der Waals surface area (Å²) in [4.78, 5) is 18.1. The van der Waals surface area contributed by atoms with Gasteiger partial charge >= 0.3 is 0 Å². The molecule has 0 spiro atoms. The third-order valence-corrected chi connectivity index (χ3v) is 2.84. The van der Waals surface area contributed by atoms with E-state index in [1.54, 1.807) is 0 Å². The van der Waals surface area contributed by atoms with E-state index >= 15 is 0 Å². The van der Waals surface area contributed by atoms with Crippen molar-refractivity contribution in [1.29, 1.82) is 0 Å². The molecule has 0 atom stereocenters. The number of aryl methyl sites for hydroxylation is 2. The molecule has 5 nitrogen and oxygen atoms in total. The summed E-state index contributed by atoms with van der Waals surface area (Å²) in [6.07, 6.45) is 0. The summed E-state index contributed by atoms with van der Waals surface area (Å²) in [6.45, 7) is 9.01. The smallest absolute Gasteiger partial charge is 0.252 e. The molecule has 0 aliphatic heterocycles. The van der Waals surface area contributed by atoms with Crippen LogP contribution in [0.5, 0.6) is 0 Å². The average molecular weight is 250 g/mol. The molecule has 0 radical (unpaired) electrons. The van der Waals surface area contributed by atoms with E-state index in [0.717, 1.165) is 11.3 Å². The largest absolute Gasteiger partial charge is 0.365 e. The van der Waals surface area contributed by atoms with Crippen molar-refractivity contribution in [3.63, 3.8) is 0 Å². The molecule has 18 heavy (non-hydrogen) atoms. The van der Waals surface area contributed by atoms with E-state index in [1.807, 2.05) is 38.7 Å². The van der Waals surface area contributed by atoms with Crippen LogP contribution in [-0.2, 0) is 0 Å². The van der Waals surface area contributed by atoms with Gasteiger partial charge in [0.1, 0.15) is 5.82 Å². The van der Waals surface area contributed by atoms with Crippen molar-refractivity contribution < 1.29 is 4.79 Å². The van der Waals surface area contributed by atoms with Crippen LogP contribution in [0.1, 0.15) is 35.5 Å². The van der Waals surface area contributed by atoms with Crippen LogP contribution in [0.4, 0.5) is 5.82 Å². The van der Waals surface area contributed by atoms with Gasteiger partial charge in [0.05, 0.1) is 5.56 Å². The first kappa shape index (κ1) is 14.4. The monoisotopic (exact) mass is 250 g/mol. The van der Waals surface area contributed by atoms with E-state index in [4.69, 9.17) is 11.5 Å². The van der Waals surface area contributed by atoms with Crippen LogP contribution in [0.15, 0.2) is 6.07 Å². The third-order valence-electron chi connectivity index (χ3n) is 2.84. The maximum Gasteiger partial charge on any atom is 0.252 e. The van der Waals surface area contributed by atoms with Gasteiger partial charge in [0.25, 0.3) is 5.91 Å². The van der Waals surface area contributed by atoms with Gasteiger partial charge in [-0.05, 0) is 39.3 Å². The summed E-state index contributed by atoms with van der Waals surface area (Å²) < 4.78 is 0. The fraction of sp³-hybridized carbons (Fsp3) is 0.538. The molecule has 5 heteroatoms. The molecule has 1 amide bonds. The van der Waals surface area contributed by atoms with Crippen LogP contribution in [0.3, 0.4) is 0 Å². The van der Waals surface area contributed by atoms with E-state index in [-0.39, 0.29) is 6.04 Å². The quantitative estimate of drug-likeness (QED) is 0.815. The molecular formula is C13H22N4O. The summed E-state index contributed by atoms with van der Waals surface area (Å²) in [5.41, 5.74) is 13.3. The Morgan fingerprint density at radius 2 is 2.06 bits per heavy atom. The molecule has 1 heterocycles. The Bertz CT molecular complexity index is 443. The lowest BCUT2D eigenvalue weighted by Crippen LogP contribution is -2.38. The Morgan fingerprint density at radius 1 is 1.44 bits per heavy atom. The number of primary amides is 1. The Labute approximate surface area is 108 Å². The highest BCUT2D eigenvalue weighted by Crippen LogP contribution is 2.23. The highest BCUT2D eigenvalue weighted by molar-refractivity contribution is 5.99. The van der Waals surface area contributed by atoms with E-state index in [2.05, 4.69) is 4.98 Å². The lowest BCUT2D eigenvalue weighted by Gasteiger charge is -2.29. The van der Waals surface area contributed by atoms with Crippen LogP contribution in [0.2, 0.25) is 0 Å². The zero-order valence-corrected chi connectivity index (χ0v) is 11.5. The fourth-order valence-corrected chi connectivity index (χ4v) is 2.08. The van der Waals surface area contributed by atoms with Crippen molar-refractivity contribution in [3.8, 4) is 0 Å². The molecule has 0 aliphatic carbocycles. The van der Waals surface area contributed by atoms with Gasteiger partial charge in [0.2, 0.25) is 0 Å². The number of hydrogen-bond acceptors (Lipinski definition) is 4. The third kappa shape index (κ3) is 2.98. The van der Waals surface area contributed by atoms with E-state index in [9.17, 15) is 4.79 Å². The van der Waals surface area contributed by atoms with Crippen molar-refractivity contribution in [2.75, 3.05) is 18.0 Å². The second kappa shape index (κ2) is 5.82. The molecule has 0 fully saturated rings. The Morgan fingerprint density at radius 3 is 2.50 bits per heavy atom. The summed E-state index contributed by atoms with van der Waals surface area (Å²) in [6, 6.07) is 2.07. The number of carbonyl (C=O) groups is 1. The molecule has 0 unspecified atom stereocenters. The minimum Gasteiger partial charge on any atom is -0.365 e. The van der Waals surface area contributed by atoms with Crippen LogP contribution >= 0.6 is 0 Å². The highest BCUT2D eigenvalue weighted by Gasteiger charge is 2.20. The predicted molar refractivity (Wildman–Crippen MR) is 73.8 cm³/mol. The van der Waals surface area contributed by atoms with Gasteiger partial charge in [-0.15, -0.1) is 0 Å². The zero-order chi connectivity index (χ0) is 13.9. The molecule has 0 aromatic carbocycles. The molecule has 100 valence electrons. The molecule has 1 rings (SSSR count). The van der Waals surface area contributed by atoms with Crippen molar-refractivity contribution in [2.45, 2.75) is 33.7 Å². The maximum absolute atomic E-state index is 11.6. The molecule has 0 saturated heterocycles. The van der Waals surface area contributed by atoms with Crippen molar-refractivity contribution in [3.05, 3.63) is 22.9 Å². The molecule has 0 bridgehead atoms. The minimum atomic E-state index is -0.447. The number of aromatic nitrogens is 1. The second-order valence-corrected chi connectivity index (χ2v) is 4.72. The molecule has 4 N–H and O–H groups in total. The zero-order valence-electron chi connectivity index (χ0n) is 11.5. The topological polar surface area (TPSA) is 85.2 Å². The summed E-state index contributed by atoms with van der Waals surface area (Å²) in [7, 11) is 0. The van der Waals surface area contributed by atoms with Crippen molar-refractivity contribution in [2.24, 2.45) is 11.5 Å². The summed E-state index contributed by atoms with van der Waals surface area (Å²) >= 11 is 0. The van der Waals surface area contributed by atoms with Crippen LogP contribution < -0.4 is 16.4 Å². The molecule has 0 aliphatic rings. The van der Waals surface area contributed by atoms with Crippen LogP contribution in [0, 0.1) is 13.8 Å². The number of nitrogens with two attached hydrogens (primary N) is 2. The van der Waals surface area contributed by atoms with Gasteiger partial charge in [-0.25, -0.2) is 4.98 Å². The average Bonchev–Trinajstić information content (AvgIpc) is 2.23. The first-order valence-corrected chi connectivity index (χ1v) is 6.13. The van der Waals surface area contributed by atoms with E-state index in [1.165, 1.54) is 0 Å². The first-order chi connectivity index (χ1) is 8.38. The number of nitrogens with zero attached hydrogens (tertiary/aromatic N) is 2. The lowest BCUT2D eigenvalue weighted by molar-refractivity contribution is 0.1000. The fourth-order valence-electron chi connectivity index (χ4n) is 2.08. The predicted octanol–water partition coefficient (Wildman–Crippen LogP) is 0.971. The molecule has 1 aromatic rings. The SMILES string of the molecule is Cc1cc(C)c(C(N)=O)c(N(CCN)C(C)C)n1. The van der Waals surface area contributed by atoms with Crippen molar-refractivity contribution >= 4 is 11.7 Å². The second-order valence-electron chi connectivity index (χ2n) is 4.72. The normalized spacial score (nSPS) is 10.8. The first-order valence-electron chi connectivity index (χ1n) is 6.13. The van der Waals surface area contributed by atoms with Crippen LogP contribution in [-0.4, -0.2) is 30.0 Å². The van der Waals surface area contributed by atoms with Gasteiger partial charge in [0.15, 0.2) is 0 Å². The molecular weight excluding hydrogens is 228 g/mol. The molecule has 0 saturated carbocycles. The Kier molecular flexibility index (Phi) is 4.67. The van der Waals surface area contributed by atoms with Crippen LogP contribution in [0.25, 0.3) is 0 Å². The number of pyridine rings is 1. The van der Waals surface area contributed by atoms with Gasteiger partial charge in [-0.3, -0.25) is 4.79 Å². The number of carbonyl (C=O) groups excluding carboxylic acids is 1. The number of hydrogen-bond donors (Lipinski definition) is 2. The highest BCUT2D eigenvalue weighted by atomic mass is 16.1. The van der Waals surface area contributed by atoms with Gasteiger partial charge in [0, 0.05) is 24.8 Å². The van der Waals surface area contributed by atoms with Gasteiger partial charge in [-0.1, -0.05) is 0 Å². The lowest BCUT2D eigenvalue weighted by atomic mass is 10.1. The van der Waals surface area contributed by atoms with E-state index in [0.29, 0.717) is 24.5 Å².